The van der Waals surface area contributed by atoms with Crippen LogP contribution in [0.25, 0.3) is 0 Å². The minimum absolute atomic E-state index is 0.310. The molecule has 1 atom stereocenters. The molecule has 3 N–H and O–H groups in total. The number of aryl methyl sites for hydroxylation is 1. The second-order valence-corrected chi connectivity index (χ2v) is 4.98. The van der Waals surface area contributed by atoms with Gasteiger partial charge in [-0.25, -0.2) is 4.39 Å². The van der Waals surface area contributed by atoms with Gasteiger partial charge in [0.1, 0.15) is 11.9 Å². The van der Waals surface area contributed by atoms with Crippen molar-refractivity contribution in [3.63, 3.8) is 0 Å². The van der Waals surface area contributed by atoms with Gasteiger partial charge in [0.2, 0.25) is 5.91 Å². The quantitative estimate of drug-likeness (QED) is 0.860. The van der Waals surface area contributed by atoms with Crippen LogP contribution in [0.2, 0.25) is 0 Å². The van der Waals surface area contributed by atoms with Crippen molar-refractivity contribution in [3.05, 3.63) is 35.1 Å². The fourth-order valence-corrected chi connectivity index (χ4v) is 2.58. The van der Waals surface area contributed by atoms with E-state index in [9.17, 15) is 9.18 Å². The van der Waals surface area contributed by atoms with E-state index >= 15 is 0 Å². The van der Waals surface area contributed by atoms with Crippen molar-refractivity contribution in [1.82, 2.24) is 5.32 Å². The van der Waals surface area contributed by atoms with Crippen molar-refractivity contribution >= 4 is 5.91 Å². The van der Waals surface area contributed by atoms with Gasteiger partial charge in [-0.15, -0.1) is 0 Å². The van der Waals surface area contributed by atoms with E-state index in [0.29, 0.717) is 11.6 Å². The Morgan fingerprint density at radius 1 is 1.44 bits per heavy atom. The van der Waals surface area contributed by atoms with E-state index in [-0.39, 0.29) is 5.82 Å². The highest BCUT2D eigenvalue weighted by molar-refractivity contribution is 5.81. The number of rotatable bonds is 4. The number of nitrogens with two attached hydrogens (primary N) is 1. The van der Waals surface area contributed by atoms with Crippen molar-refractivity contribution in [1.29, 1.82) is 0 Å². The fourth-order valence-electron chi connectivity index (χ4n) is 2.58. The molecule has 98 valence electrons. The van der Waals surface area contributed by atoms with E-state index in [1.165, 1.54) is 25.0 Å². The molecule has 0 aromatic heterocycles. The summed E-state index contributed by atoms with van der Waals surface area (Å²) in [5, 5.41) is 3.26. The summed E-state index contributed by atoms with van der Waals surface area (Å²) in [5.74, 6) is -0.786. The summed E-state index contributed by atoms with van der Waals surface area (Å²) in [7, 11) is 0. The van der Waals surface area contributed by atoms with Crippen molar-refractivity contribution in [2.24, 2.45) is 5.73 Å². The van der Waals surface area contributed by atoms with Gasteiger partial charge < -0.3 is 5.73 Å². The number of hydrogen-bond donors (Lipinski definition) is 2. The Morgan fingerprint density at radius 3 is 2.72 bits per heavy atom. The lowest BCUT2D eigenvalue weighted by atomic mass is 9.99. The van der Waals surface area contributed by atoms with Crippen molar-refractivity contribution in [2.75, 3.05) is 0 Å². The third-order valence-electron chi connectivity index (χ3n) is 3.59. The molecule has 0 aliphatic heterocycles. The molecule has 1 aliphatic carbocycles. The van der Waals surface area contributed by atoms with Crippen LogP contribution in [0.5, 0.6) is 0 Å². The maximum absolute atomic E-state index is 13.3. The SMILES string of the molecule is Cc1ccc(F)cc1C(NC1CCCC1)C(N)=O. The number of hydrogen-bond acceptors (Lipinski definition) is 2. The zero-order chi connectivity index (χ0) is 13.1. The van der Waals surface area contributed by atoms with Crippen LogP contribution in [-0.2, 0) is 4.79 Å². The van der Waals surface area contributed by atoms with Crippen LogP contribution >= 0.6 is 0 Å². The van der Waals surface area contributed by atoms with Crippen LogP contribution in [0.1, 0.15) is 42.9 Å². The molecule has 0 heterocycles. The Hall–Kier alpha value is -1.42. The third-order valence-corrected chi connectivity index (χ3v) is 3.59. The maximum Gasteiger partial charge on any atom is 0.239 e. The number of benzene rings is 1. The van der Waals surface area contributed by atoms with E-state index in [1.54, 1.807) is 6.07 Å². The summed E-state index contributed by atoms with van der Waals surface area (Å²) < 4.78 is 13.3. The molecular weight excluding hydrogens is 231 g/mol. The second kappa shape index (κ2) is 5.48. The summed E-state index contributed by atoms with van der Waals surface area (Å²) >= 11 is 0. The Bertz CT molecular complexity index is 441. The lowest BCUT2D eigenvalue weighted by Gasteiger charge is -2.22. The summed E-state index contributed by atoms with van der Waals surface area (Å²) in [6.07, 6.45) is 4.45. The minimum atomic E-state index is -0.594. The maximum atomic E-state index is 13.3. The van der Waals surface area contributed by atoms with Gasteiger partial charge in [-0.3, -0.25) is 10.1 Å². The zero-order valence-corrected chi connectivity index (χ0v) is 10.6. The van der Waals surface area contributed by atoms with E-state index in [1.807, 2.05) is 6.92 Å². The average Bonchev–Trinajstić information content (AvgIpc) is 2.82. The number of carbonyl (C=O) groups excluding carboxylic acids is 1. The summed E-state index contributed by atoms with van der Waals surface area (Å²) in [6, 6.07) is 4.18. The minimum Gasteiger partial charge on any atom is -0.368 e. The van der Waals surface area contributed by atoms with Gasteiger partial charge in [0.25, 0.3) is 0 Å². The van der Waals surface area contributed by atoms with Crippen LogP contribution in [-0.4, -0.2) is 11.9 Å². The monoisotopic (exact) mass is 250 g/mol. The first-order valence-electron chi connectivity index (χ1n) is 6.39. The van der Waals surface area contributed by atoms with Crippen LogP contribution < -0.4 is 11.1 Å². The van der Waals surface area contributed by atoms with E-state index in [2.05, 4.69) is 5.32 Å². The number of primary amides is 1. The van der Waals surface area contributed by atoms with Crippen LogP contribution in [0.3, 0.4) is 0 Å². The first-order chi connectivity index (χ1) is 8.58. The lowest BCUT2D eigenvalue weighted by molar-refractivity contribution is -0.120. The molecule has 2 rings (SSSR count). The van der Waals surface area contributed by atoms with Crippen LogP contribution in [0.4, 0.5) is 4.39 Å². The van der Waals surface area contributed by atoms with Gasteiger partial charge in [-0.2, -0.15) is 0 Å². The molecule has 1 unspecified atom stereocenters. The molecule has 0 saturated heterocycles. The van der Waals surface area contributed by atoms with Crippen molar-refractivity contribution in [2.45, 2.75) is 44.7 Å². The highest BCUT2D eigenvalue weighted by atomic mass is 19.1. The average molecular weight is 250 g/mol. The summed E-state index contributed by atoms with van der Waals surface area (Å²) in [5.41, 5.74) is 6.97. The molecule has 1 aromatic carbocycles. The molecule has 4 heteroatoms. The molecule has 1 amide bonds. The van der Waals surface area contributed by atoms with Crippen LogP contribution in [0, 0.1) is 12.7 Å². The molecule has 1 saturated carbocycles. The highest BCUT2D eigenvalue weighted by Crippen LogP contribution is 2.24. The van der Waals surface area contributed by atoms with Crippen molar-refractivity contribution < 1.29 is 9.18 Å². The smallest absolute Gasteiger partial charge is 0.239 e. The number of halogens is 1. The van der Waals surface area contributed by atoms with E-state index in [4.69, 9.17) is 5.73 Å². The van der Waals surface area contributed by atoms with Gasteiger partial charge >= 0.3 is 0 Å². The number of carbonyl (C=O) groups is 1. The number of amides is 1. The first-order valence-corrected chi connectivity index (χ1v) is 6.39. The molecule has 0 radical (unpaired) electrons. The predicted octanol–water partition coefficient (Wildman–Crippen LogP) is 2.19. The first kappa shape index (κ1) is 13.0. The van der Waals surface area contributed by atoms with Crippen molar-refractivity contribution in [3.8, 4) is 0 Å². The Balaban J connectivity index is 2.23. The van der Waals surface area contributed by atoms with Gasteiger partial charge in [0, 0.05) is 6.04 Å². The van der Waals surface area contributed by atoms with Gasteiger partial charge in [0.05, 0.1) is 0 Å². The molecule has 18 heavy (non-hydrogen) atoms. The van der Waals surface area contributed by atoms with Gasteiger partial charge in [-0.1, -0.05) is 18.9 Å². The third kappa shape index (κ3) is 2.88. The molecule has 0 spiro atoms. The summed E-state index contributed by atoms with van der Waals surface area (Å²) in [4.78, 5) is 11.6. The molecule has 0 bridgehead atoms. The predicted molar refractivity (Wildman–Crippen MR) is 68.5 cm³/mol. The lowest BCUT2D eigenvalue weighted by Crippen LogP contribution is -2.39. The second-order valence-electron chi connectivity index (χ2n) is 4.98. The molecule has 1 aliphatic rings. The zero-order valence-electron chi connectivity index (χ0n) is 10.6. The Labute approximate surface area is 107 Å². The normalized spacial score (nSPS) is 17.9. The standard InChI is InChI=1S/C14H19FN2O/c1-9-6-7-10(15)8-12(9)13(14(16)18)17-11-4-2-3-5-11/h6-8,11,13,17H,2-5H2,1H3,(H2,16,18). The fraction of sp³-hybridized carbons (Fsp3) is 0.500. The summed E-state index contributed by atoms with van der Waals surface area (Å²) in [6.45, 7) is 1.86. The van der Waals surface area contributed by atoms with E-state index in [0.717, 1.165) is 18.4 Å². The largest absolute Gasteiger partial charge is 0.368 e. The van der Waals surface area contributed by atoms with E-state index < -0.39 is 11.9 Å². The Kier molecular flexibility index (Phi) is 3.97. The molecule has 1 aromatic rings. The highest BCUT2D eigenvalue weighted by Gasteiger charge is 2.25. The molecule has 3 nitrogen and oxygen atoms in total. The molecular formula is C14H19FN2O. The van der Waals surface area contributed by atoms with Gasteiger partial charge in [0.15, 0.2) is 0 Å². The number of nitrogens with one attached hydrogen (secondary N) is 1. The van der Waals surface area contributed by atoms with Gasteiger partial charge in [-0.05, 0) is 43.0 Å². The molecule has 1 fully saturated rings. The topological polar surface area (TPSA) is 55.1 Å². The van der Waals surface area contributed by atoms with Crippen LogP contribution in [0.15, 0.2) is 18.2 Å². The Morgan fingerprint density at radius 2 is 2.11 bits per heavy atom.